The number of nitrogens with zero attached hydrogens (tertiary/aromatic N) is 2. The zero-order valence-electron chi connectivity index (χ0n) is 22.0. The number of aryl methyl sites for hydroxylation is 2. The van der Waals surface area contributed by atoms with E-state index in [1.54, 1.807) is 17.9 Å². The van der Waals surface area contributed by atoms with Gasteiger partial charge in [-0.05, 0) is 70.7 Å². The van der Waals surface area contributed by atoms with Gasteiger partial charge >= 0.3 is 0 Å². The van der Waals surface area contributed by atoms with E-state index in [1.165, 1.54) is 10.6 Å². The fourth-order valence-corrected chi connectivity index (χ4v) is 4.88. The van der Waals surface area contributed by atoms with Crippen LogP contribution in [0, 0.1) is 20.8 Å². The highest BCUT2D eigenvalue weighted by molar-refractivity contribution is 7.92. The van der Waals surface area contributed by atoms with Gasteiger partial charge in [0.2, 0.25) is 21.8 Å². The molecule has 1 atom stereocenters. The molecule has 0 aliphatic rings. The van der Waals surface area contributed by atoms with Gasteiger partial charge in [0.25, 0.3) is 0 Å². The van der Waals surface area contributed by atoms with Crippen LogP contribution in [0.15, 0.2) is 42.5 Å². The van der Waals surface area contributed by atoms with Crippen LogP contribution in [0.25, 0.3) is 0 Å². The van der Waals surface area contributed by atoms with Gasteiger partial charge in [-0.1, -0.05) is 42.0 Å². The Hall–Kier alpha value is -2.87. The summed E-state index contributed by atoms with van der Waals surface area (Å²) >= 11 is 0. The molecule has 2 aromatic carbocycles. The molecule has 7 nitrogen and oxygen atoms in total. The molecule has 35 heavy (non-hydrogen) atoms. The maximum atomic E-state index is 13.3. The number of carbonyl (C=O) groups excluding carboxylic acids is 2. The fourth-order valence-electron chi connectivity index (χ4n) is 3.87. The largest absolute Gasteiger partial charge is 0.352 e. The third kappa shape index (κ3) is 8.09. The molecule has 8 heteroatoms. The summed E-state index contributed by atoms with van der Waals surface area (Å²) in [5.41, 5.74) is 4.57. The van der Waals surface area contributed by atoms with E-state index >= 15 is 0 Å². The summed E-state index contributed by atoms with van der Waals surface area (Å²) in [6.45, 7) is 11.8. The molecule has 2 rings (SSSR count). The van der Waals surface area contributed by atoms with Crippen molar-refractivity contribution in [2.75, 3.05) is 17.1 Å². The van der Waals surface area contributed by atoms with E-state index < -0.39 is 16.1 Å². The Bertz CT molecular complexity index is 1130. The van der Waals surface area contributed by atoms with Gasteiger partial charge in [0.1, 0.15) is 6.04 Å². The van der Waals surface area contributed by atoms with Crippen LogP contribution in [0.1, 0.15) is 55.9 Å². The predicted molar refractivity (Wildman–Crippen MR) is 142 cm³/mol. The van der Waals surface area contributed by atoms with E-state index in [2.05, 4.69) is 5.32 Å². The summed E-state index contributed by atoms with van der Waals surface area (Å²) in [7, 11) is -3.53. The van der Waals surface area contributed by atoms with Crippen molar-refractivity contribution in [1.82, 2.24) is 10.2 Å². The Morgan fingerprint density at radius 1 is 0.971 bits per heavy atom. The van der Waals surface area contributed by atoms with Crippen molar-refractivity contribution < 1.29 is 18.0 Å². The molecule has 0 saturated heterocycles. The first-order valence-corrected chi connectivity index (χ1v) is 13.9. The Labute approximate surface area is 210 Å². The Balaban J connectivity index is 2.20. The summed E-state index contributed by atoms with van der Waals surface area (Å²) < 4.78 is 26.5. The minimum atomic E-state index is -3.53. The standard InChI is InChI=1S/C27H39N3O4S/c1-19(2)28-27(32)23(6)29(18-24-15-13-20(3)14-16-24)26(31)12-9-17-30(35(7,33)34)25-11-8-10-21(4)22(25)5/h8,10-11,13-16,19,23H,9,12,17-18H2,1-7H3,(H,28,32)/t23-/m1/s1. The van der Waals surface area contributed by atoms with E-state index in [0.29, 0.717) is 18.7 Å². The van der Waals surface area contributed by atoms with Crippen molar-refractivity contribution in [3.05, 3.63) is 64.7 Å². The maximum Gasteiger partial charge on any atom is 0.242 e. The number of anilines is 1. The Morgan fingerprint density at radius 2 is 1.60 bits per heavy atom. The molecular weight excluding hydrogens is 462 g/mol. The number of benzene rings is 2. The number of carbonyl (C=O) groups is 2. The molecule has 0 saturated carbocycles. The van der Waals surface area contributed by atoms with Gasteiger partial charge in [-0.15, -0.1) is 0 Å². The number of hydrogen-bond donors (Lipinski definition) is 1. The highest BCUT2D eigenvalue weighted by Gasteiger charge is 2.27. The Morgan fingerprint density at radius 3 is 2.17 bits per heavy atom. The van der Waals surface area contributed by atoms with Crippen LogP contribution in [-0.4, -0.2) is 50.0 Å². The second-order valence-electron chi connectivity index (χ2n) is 9.50. The first-order valence-electron chi connectivity index (χ1n) is 12.0. The average Bonchev–Trinajstić information content (AvgIpc) is 2.76. The van der Waals surface area contributed by atoms with Crippen molar-refractivity contribution >= 4 is 27.5 Å². The monoisotopic (exact) mass is 501 g/mol. The van der Waals surface area contributed by atoms with E-state index in [4.69, 9.17) is 0 Å². The SMILES string of the molecule is Cc1ccc(CN(C(=O)CCCN(c2cccc(C)c2C)S(C)(=O)=O)[C@H](C)C(=O)NC(C)C)cc1. The van der Waals surface area contributed by atoms with Crippen LogP contribution in [0.4, 0.5) is 5.69 Å². The molecular formula is C27H39N3O4S. The zero-order chi connectivity index (χ0) is 26.3. The van der Waals surface area contributed by atoms with Gasteiger partial charge in [0.15, 0.2) is 0 Å². The number of nitrogens with one attached hydrogen (secondary N) is 1. The van der Waals surface area contributed by atoms with Gasteiger partial charge in [0.05, 0.1) is 11.9 Å². The topological polar surface area (TPSA) is 86.8 Å². The van der Waals surface area contributed by atoms with Crippen molar-refractivity contribution in [2.45, 2.75) is 73.0 Å². The van der Waals surface area contributed by atoms with Crippen molar-refractivity contribution in [3.63, 3.8) is 0 Å². The van der Waals surface area contributed by atoms with Crippen molar-refractivity contribution in [2.24, 2.45) is 0 Å². The molecule has 2 amide bonds. The first kappa shape index (κ1) is 28.4. The van der Waals surface area contributed by atoms with Gasteiger partial charge in [0, 0.05) is 25.6 Å². The van der Waals surface area contributed by atoms with Crippen LogP contribution in [-0.2, 0) is 26.2 Å². The lowest BCUT2D eigenvalue weighted by molar-refractivity contribution is -0.140. The van der Waals surface area contributed by atoms with E-state index in [-0.39, 0.29) is 30.8 Å². The van der Waals surface area contributed by atoms with E-state index in [0.717, 1.165) is 22.3 Å². The molecule has 1 N–H and O–H groups in total. The maximum absolute atomic E-state index is 13.3. The molecule has 0 aliphatic carbocycles. The summed E-state index contributed by atoms with van der Waals surface area (Å²) in [4.78, 5) is 27.6. The molecule has 192 valence electrons. The van der Waals surface area contributed by atoms with Crippen LogP contribution < -0.4 is 9.62 Å². The highest BCUT2D eigenvalue weighted by atomic mass is 32.2. The van der Waals surface area contributed by atoms with E-state index in [9.17, 15) is 18.0 Å². The first-order chi connectivity index (χ1) is 16.3. The number of sulfonamides is 1. The highest BCUT2D eigenvalue weighted by Crippen LogP contribution is 2.25. The minimum Gasteiger partial charge on any atom is -0.352 e. The molecule has 0 heterocycles. The molecule has 0 unspecified atom stereocenters. The lowest BCUT2D eigenvalue weighted by atomic mass is 10.1. The summed E-state index contributed by atoms with van der Waals surface area (Å²) in [5.74, 6) is -0.403. The van der Waals surface area contributed by atoms with Crippen LogP contribution in [0.5, 0.6) is 0 Å². The lowest BCUT2D eigenvalue weighted by Crippen LogP contribution is -2.49. The lowest BCUT2D eigenvalue weighted by Gasteiger charge is -2.30. The van der Waals surface area contributed by atoms with Crippen LogP contribution in [0.3, 0.4) is 0 Å². The molecule has 0 aromatic heterocycles. The third-order valence-electron chi connectivity index (χ3n) is 6.07. The second-order valence-corrected chi connectivity index (χ2v) is 11.4. The molecule has 0 aliphatic heterocycles. The summed E-state index contributed by atoms with van der Waals surface area (Å²) in [6.07, 6.45) is 1.64. The smallest absolute Gasteiger partial charge is 0.242 e. The van der Waals surface area contributed by atoms with Gasteiger partial charge in [-0.25, -0.2) is 8.42 Å². The normalized spacial score (nSPS) is 12.3. The van der Waals surface area contributed by atoms with Gasteiger partial charge in [-0.2, -0.15) is 0 Å². The third-order valence-corrected chi connectivity index (χ3v) is 7.25. The van der Waals surface area contributed by atoms with Gasteiger partial charge < -0.3 is 10.2 Å². The van der Waals surface area contributed by atoms with Crippen LogP contribution in [0.2, 0.25) is 0 Å². The quantitative estimate of drug-likeness (QED) is 0.502. The number of amides is 2. The Kier molecular flexibility index (Phi) is 9.89. The number of hydrogen-bond acceptors (Lipinski definition) is 4. The summed E-state index contributed by atoms with van der Waals surface area (Å²) in [6, 6.07) is 12.7. The molecule has 0 radical (unpaired) electrons. The summed E-state index contributed by atoms with van der Waals surface area (Å²) in [5, 5.41) is 2.88. The van der Waals surface area contributed by atoms with Crippen LogP contribution >= 0.6 is 0 Å². The minimum absolute atomic E-state index is 0.0397. The molecule has 2 aromatic rings. The van der Waals surface area contributed by atoms with Gasteiger partial charge in [-0.3, -0.25) is 13.9 Å². The molecule has 0 bridgehead atoms. The number of rotatable bonds is 11. The predicted octanol–water partition coefficient (Wildman–Crippen LogP) is 4.10. The second kappa shape index (κ2) is 12.2. The zero-order valence-corrected chi connectivity index (χ0v) is 22.8. The van der Waals surface area contributed by atoms with Crippen molar-refractivity contribution in [1.29, 1.82) is 0 Å². The van der Waals surface area contributed by atoms with Crippen molar-refractivity contribution in [3.8, 4) is 0 Å². The average molecular weight is 502 g/mol. The molecule has 0 spiro atoms. The molecule has 0 fully saturated rings. The fraction of sp³-hybridized carbons (Fsp3) is 0.481. The van der Waals surface area contributed by atoms with E-state index in [1.807, 2.05) is 71.0 Å².